The summed E-state index contributed by atoms with van der Waals surface area (Å²) in [6.07, 6.45) is 6.92. The van der Waals surface area contributed by atoms with E-state index in [1.54, 1.807) is 6.20 Å². The number of nitrogens with one attached hydrogen (secondary N) is 1. The second-order valence-corrected chi connectivity index (χ2v) is 7.37. The van der Waals surface area contributed by atoms with E-state index < -0.39 is 0 Å². The Labute approximate surface area is 156 Å². The highest BCUT2D eigenvalue weighted by Crippen LogP contribution is 2.29. The number of amides is 1. The van der Waals surface area contributed by atoms with E-state index in [0.29, 0.717) is 24.8 Å². The largest absolute Gasteiger partial charge is 0.477 e. The third-order valence-electron chi connectivity index (χ3n) is 4.75. The lowest BCUT2D eigenvalue weighted by Gasteiger charge is -2.12. The lowest BCUT2D eigenvalue weighted by molar-refractivity contribution is -0.122. The van der Waals surface area contributed by atoms with Gasteiger partial charge < -0.3 is 10.1 Å². The Morgan fingerprint density at radius 1 is 1.19 bits per heavy atom. The minimum atomic E-state index is 0.0969. The van der Waals surface area contributed by atoms with E-state index in [0.717, 1.165) is 30.9 Å². The number of aromatic nitrogens is 1. The quantitative estimate of drug-likeness (QED) is 0.699. The Hall–Kier alpha value is -2.36. The van der Waals surface area contributed by atoms with Crippen LogP contribution in [0, 0.1) is 11.8 Å². The monoisotopic (exact) mass is 352 g/mol. The van der Waals surface area contributed by atoms with Crippen molar-refractivity contribution < 1.29 is 9.53 Å². The zero-order valence-electron chi connectivity index (χ0n) is 15.5. The van der Waals surface area contributed by atoms with E-state index in [9.17, 15) is 4.79 Å². The predicted molar refractivity (Wildman–Crippen MR) is 103 cm³/mol. The molecule has 1 atom stereocenters. The van der Waals surface area contributed by atoms with Crippen LogP contribution >= 0.6 is 0 Å². The molecule has 1 aliphatic rings. The van der Waals surface area contributed by atoms with Crippen molar-refractivity contribution in [2.45, 2.75) is 45.6 Å². The SMILES string of the molecule is CC(CCc1ccccc1)CC(=O)NCc1ccc(OCC2CC2)nc1. The van der Waals surface area contributed by atoms with E-state index in [2.05, 4.69) is 41.5 Å². The summed E-state index contributed by atoms with van der Waals surface area (Å²) >= 11 is 0. The normalized spacial score (nSPS) is 14.7. The average Bonchev–Trinajstić information content (AvgIpc) is 3.49. The number of benzene rings is 1. The molecule has 1 aromatic heterocycles. The van der Waals surface area contributed by atoms with Crippen LogP contribution in [-0.4, -0.2) is 17.5 Å². The van der Waals surface area contributed by atoms with Gasteiger partial charge in [0.1, 0.15) is 0 Å². The third-order valence-corrected chi connectivity index (χ3v) is 4.75. The summed E-state index contributed by atoms with van der Waals surface area (Å²) in [6, 6.07) is 14.3. The van der Waals surface area contributed by atoms with Gasteiger partial charge in [-0.25, -0.2) is 4.98 Å². The smallest absolute Gasteiger partial charge is 0.220 e. The zero-order chi connectivity index (χ0) is 18.2. The Morgan fingerprint density at radius 3 is 2.69 bits per heavy atom. The summed E-state index contributed by atoms with van der Waals surface area (Å²) in [7, 11) is 0. The molecule has 1 aliphatic carbocycles. The summed E-state index contributed by atoms with van der Waals surface area (Å²) in [5.74, 6) is 1.85. The summed E-state index contributed by atoms with van der Waals surface area (Å²) in [5.41, 5.74) is 2.32. The molecule has 0 aliphatic heterocycles. The number of rotatable bonds is 10. The second kappa shape index (κ2) is 9.37. The van der Waals surface area contributed by atoms with Gasteiger partial charge in [0.15, 0.2) is 0 Å². The molecule has 0 spiro atoms. The fraction of sp³-hybridized carbons (Fsp3) is 0.455. The number of carbonyl (C=O) groups is 1. The molecule has 4 nitrogen and oxygen atoms in total. The van der Waals surface area contributed by atoms with E-state index in [-0.39, 0.29) is 5.91 Å². The maximum absolute atomic E-state index is 12.1. The average molecular weight is 352 g/mol. The minimum Gasteiger partial charge on any atom is -0.477 e. The highest BCUT2D eigenvalue weighted by atomic mass is 16.5. The Bertz CT molecular complexity index is 681. The highest BCUT2D eigenvalue weighted by molar-refractivity contribution is 5.76. The van der Waals surface area contributed by atoms with Crippen LogP contribution in [0.15, 0.2) is 48.7 Å². The lowest BCUT2D eigenvalue weighted by atomic mass is 9.98. The first-order valence-corrected chi connectivity index (χ1v) is 9.57. The third kappa shape index (κ3) is 6.51. The van der Waals surface area contributed by atoms with Gasteiger partial charge in [0.05, 0.1) is 6.61 Å². The maximum Gasteiger partial charge on any atom is 0.220 e. The zero-order valence-corrected chi connectivity index (χ0v) is 15.5. The standard InChI is InChI=1S/C22H28N2O2/c1-17(7-8-18-5-3-2-4-6-18)13-21(25)23-14-20-11-12-22(24-15-20)26-16-19-9-10-19/h2-6,11-12,15,17,19H,7-10,13-14,16H2,1H3,(H,23,25). The molecule has 1 amide bonds. The Balaban J connectivity index is 1.33. The van der Waals surface area contributed by atoms with Gasteiger partial charge in [-0.15, -0.1) is 0 Å². The molecule has 0 radical (unpaired) electrons. The number of nitrogens with zero attached hydrogens (tertiary/aromatic N) is 1. The summed E-state index contributed by atoms with van der Waals surface area (Å²) in [6.45, 7) is 3.42. The van der Waals surface area contributed by atoms with Crippen LogP contribution < -0.4 is 10.1 Å². The first-order chi connectivity index (χ1) is 12.7. The molecule has 1 heterocycles. The number of ether oxygens (including phenoxy) is 1. The molecular weight excluding hydrogens is 324 g/mol. The molecular formula is C22H28N2O2. The summed E-state index contributed by atoms with van der Waals surface area (Å²) in [5, 5.41) is 2.99. The number of hydrogen-bond acceptors (Lipinski definition) is 3. The first-order valence-electron chi connectivity index (χ1n) is 9.57. The van der Waals surface area contributed by atoms with E-state index in [4.69, 9.17) is 4.74 Å². The van der Waals surface area contributed by atoms with Gasteiger partial charge in [0, 0.05) is 25.2 Å². The first kappa shape index (κ1) is 18.4. The number of aryl methyl sites for hydroxylation is 1. The van der Waals surface area contributed by atoms with Gasteiger partial charge in [-0.05, 0) is 48.6 Å². The fourth-order valence-electron chi connectivity index (χ4n) is 2.84. The van der Waals surface area contributed by atoms with Crippen LogP contribution in [-0.2, 0) is 17.8 Å². The Morgan fingerprint density at radius 2 is 2.00 bits per heavy atom. The molecule has 4 heteroatoms. The molecule has 26 heavy (non-hydrogen) atoms. The fourth-order valence-corrected chi connectivity index (χ4v) is 2.84. The second-order valence-electron chi connectivity index (χ2n) is 7.37. The van der Waals surface area contributed by atoms with Gasteiger partial charge in [0.25, 0.3) is 0 Å². The van der Waals surface area contributed by atoms with Crippen LogP contribution in [0.25, 0.3) is 0 Å². The van der Waals surface area contributed by atoms with Crippen molar-refractivity contribution >= 4 is 5.91 Å². The highest BCUT2D eigenvalue weighted by Gasteiger charge is 2.22. The minimum absolute atomic E-state index is 0.0969. The molecule has 3 rings (SSSR count). The van der Waals surface area contributed by atoms with Gasteiger partial charge in [-0.3, -0.25) is 4.79 Å². The molecule has 1 N–H and O–H groups in total. The van der Waals surface area contributed by atoms with Crippen LogP contribution in [0.4, 0.5) is 0 Å². The van der Waals surface area contributed by atoms with Gasteiger partial charge in [-0.1, -0.05) is 43.3 Å². The molecule has 2 aromatic rings. The molecule has 1 aromatic carbocycles. The number of pyridine rings is 1. The topological polar surface area (TPSA) is 51.2 Å². The van der Waals surface area contributed by atoms with Crippen molar-refractivity contribution in [2.24, 2.45) is 11.8 Å². The Kier molecular flexibility index (Phi) is 6.64. The molecule has 0 saturated heterocycles. The van der Waals surface area contributed by atoms with Crippen molar-refractivity contribution in [1.29, 1.82) is 0 Å². The lowest BCUT2D eigenvalue weighted by Crippen LogP contribution is -2.24. The van der Waals surface area contributed by atoms with Crippen LogP contribution in [0.3, 0.4) is 0 Å². The summed E-state index contributed by atoms with van der Waals surface area (Å²) < 4.78 is 5.63. The molecule has 0 bridgehead atoms. The van der Waals surface area contributed by atoms with E-state index in [1.165, 1.54) is 18.4 Å². The van der Waals surface area contributed by atoms with Gasteiger partial charge in [0.2, 0.25) is 11.8 Å². The van der Waals surface area contributed by atoms with Crippen molar-refractivity contribution in [3.05, 3.63) is 59.8 Å². The van der Waals surface area contributed by atoms with Crippen molar-refractivity contribution in [1.82, 2.24) is 10.3 Å². The van der Waals surface area contributed by atoms with Crippen molar-refractivity contribution in [2.75, 3.05) is 6.61 Å². The van der Waals surface area contributed by atoms with Crippen LogP contribution in [0.2, 0.25) is 0 Å². The molecule has 138 valence electrons. The van der Waals surface area contributed by atoms with Gasteiger partial charge >= 0.3 is 0 Å². The molecule has 1 fully saturated rings. The van der Waals surface area contributed by atoms with Crippen LogP contribution in [0.1, 0.15) is 43.7 Å². The van der Waals surface area contributed by atoms with E-state index in [1.807, 2.05) is 18.2 Å². The number of carbonyl (C=O) groups excluding carboxylic acids is 1. The molecule has 1 unspecified atom stereocenters. The van der Waals surface area contributed by atoms with E-state index >= 15 is 0 Å². The number of hydrogen-bond donors (Lipinski definition) is 1. The van der Waals surface area contributed by atoms with Gasteiger partial charge in [-0.2, -0.15) is 0 Å². The molecule has 1 saturated carbocycles. The van der Waals surface area contributed by atoms with Crippen molar-refractivity contribution in [3.63, 3.8) is 0 Å². The van der Waals surface area contributed by atoms with Crippen molar-refractivity contribution in [3.8, 4) is 5.88 Å². The maximum atomic E-state index is 12.1. The summed E-state index contributed by atoms with van der Waals surface area (Å²) in [4.78, 5) is 16.4. The predicted octanol–water partition coefficient (Wildman–Crippen LogP) is 4.15. The van der Waals surface area contributed by atoms with Crippen LogP contribution in [0.5, 0.6) is 5.88 Å².